The van der Waals surface area contributed by atoms with E-state index < -0.39 is 10.0 Å². The summed E-state index contributed by atoms with van der Waals surface area (Å²) in [5.41, 5.74) is 1.59. The van der Waals surface area contributed by atoms with Gasteiger partial charge in [0, 0.05) is 30.6 Å². The van der Waals surface area contributed by atoms with Gasteiger partial charge in [0.25, 0.3) is 0 Å². The molecule has 3 rings (SSSR count). The van der Waals surface area contributed by atoms with Crippen LogP contribution in [0.4, 0.5) is 0 Å². The van der Waals surface area contributed by atoms with E-state index in [1.807, 2.05) is 11.4 Å². The van der Waals surface area contributed by atoms with Gasteiger partial charge in [0.1, 0.15) is 0 Å². The van der Waals surface area contributed by atoms with Gasteiger partial charge in [-0.25, -0.2) is 8.42 Å². The molecule has 0 fully saturated rings. The fraction of sp³-hybridized carbons (Fsp3) is 0.333. The molecule has 0 bridgehead atoms. The highest BCUT2D eigenvalue weighted by molar-refractivity contribution is 7.89. The van der Waals surface area contributed by atoms with Gasteiger partial charge in [0.2, 0.25) is 15.9 Å². The maximum absolute atomic E-state index is 12.7. The molecule has 2 heterocycles. The first-order valence-corrected chi connectivity index (χ1v) is 10.5. The fourth-order valence-corrected chi connectivity index (χ4v) is 4.89. The molecule has 2 aromatic rings. The van der Waals surface area contributed by atoms with Gasteiger partial charge in [0.05, 0.1) is 11.4 Å². The van der Waals surface area contributed by atoms with Gasteiger partial charge in [-0.3, -0.25) is 9.59 Å². The van der Waals surface area contributed by atoms with Crippen molar-refractivity contribution in [1.29, 1.82) is 0 Å². The van der Waals surface area contributed by atoms with Crippen LogP contribution < -0.4 is 0 Å². The zero-order valence-corrected chi connectivity index (χ0v) is 16.3. The summed E-state index contributed by atoms with van der Waals surface area (Å²) in [5.74, 6) is -0.344. The first-order chi connectivity index (χ1) is 12.3. The number of nitrogens with zero attached hydrogens (tertiary/aromatic N) is 2. The molecule has 1 aliphatic heterocycles. The normalized spacial score (nSPS) is 14.3. The summed E-state index contributed by atoms with van der Waals surface area (Å²) in [6, 6.07) is 7.76. The van der Waals surface area contributed by atoms with Crippen molar-refractivity contribution >= 4 is 33.1 Å². The molecule has 26 heavy (non-hydrogen) atoms. The predicted molar refractivity (Wildman–Crippen MR) is 99.7 cm³/mol. The maximum Gasteiger partial charge on any atom is 0.243 e. The van der Waals surface area contributed by atoms with Gasteiger partial charge < -0.3 is 4.90 Å². The van der Waals surface area contributed by atoms with Crippen molar-refractivity contribution in [2.45, 2.75) is 24.8 Å². The van der Waals surface area contributed by atoms with E-state index in [-0.39, 0.29) is 23.1 Å². The molecule has 0 atom stereocenters. The van der Waals surface area contributed by atoms with Gasteiger partial charge in [0.15, 0.2) is 5.78 Å². The summed E-state index contributed by atoms with van der Waals surface area (Å²) < 4.78 is 26.4. The van der Waals surface area contributed by atoms with E-state index in [4.69, 9.17) is 0 Å². The number of hydrogen-bond donors (Lipinski definition) is 0. The zero-order chi connectivity index (χ0) is 18.9. The van der Waals surface area contributed by atoms with Crippen LogP contribution in [0.1, 0.15) is 27.7 Å². The van der Waals surface area contributed by atoms with Crippen molar-refractivity contribution < 1.29 is 18.0 Å². The molecule has 6 nitrogen and oxygen atoms in total. The van der Waals surface area contributed by atoms with Crippen LogP contribution in [0.5, 0.6) is 0 Å². The lowest BCUT2D eigenvalue weighted by molar-refractivity contribution is -0.132. The Balaban J connectivity index is 1.69. The Morgan fingerprint density at radius 3 is 2.54 bits per heavy atom. The van der Waals surface area contributed by atoms with Gasteiger partial charge >= 0.3 is 0 Å². The highest BCUT2D eigenvalue weighted by Crippen LogP contribution is 2.24. The number of carbonyl (C=O) groups is 2. The third kappa shape index (κ3) is 3.72. The standard InChI is InChI=1S/C18H20N2O4S2/c1-13(21)14-3-5-16(6-4-14)26(23,24)19(2)12-18(22)20-9-7-17-15(11-20)8-10-25-17/h3-6,8,10H,7,9,11-12H2,1-2H3. The van der Waals surface area contributed by atoms with E-state index in [1.54, 1.807) is 16.2 Å². The van der Waals surface area contributed by atoms with Crippen LogP contribution in [-0.2, 0) is 27.8 Å². The lowest BCUT2D eigenvalue weighted by Gasteiger charge is -2.28. The SMILES string of the molecule is CC(=O)c1ccc(S(=O)(=O)N(C)CC(=O)N2CCc3sccc3C2)cc1. The monoisotopic (exact) mass is 392 g/mol. The molecular formula is C18H20N2O4S2. The molecule has 0 saturated carbocycles. The molecule has 1 aliphatic rings. The molecule has 0 saturated heterocycles. The fourth-order valence-electron chi connectivity index (χ4n) is 2.88. The van der Waals surface area contributed by atoms with Crippen LogP contribution in [0.3, 0.4) is 0 Å². The summed E-state index contributed by atoms with van der Waals surface area (Å²) in [6.45, 7) is 2.34. The van der Waals surface area contributed by atoms with Crippen LogP contribution in [-0.4, -0.2) is 49.5 Å². The highest BCUT2D eigenvalue weighted by atomic mass is 32.2. The van der Waals surface area contributed by atoms with Gasteiger partial charge in [-0.15, -0.1) is 11.3 Å². The Morgan fingerprint density at radius 1 is 1.19 bits per heavy atom. The number of amides is 1. The second kappa shape index (κ2) is 7.30. The minimum atomic E-state index is -3.79. The second-order valence-corrected chi connectivity index (χ2v) is 9.32. The number of thiophene rings is 1. The Morgan fingerprint density at radius 2 is 1.88 bits per heavy atom. The summed E-state index contributed by atoms with van der Waals surface area (Å²) in [4.78, 5) is 26.9. The molecule has 1 amide bonds. The highest BCUT2D eigenvalue weighted by Gasteiger charge is 2.27. The van der Waals surface area contributed by atoms with Gasteiger partial charge in [-0.05, 0) is 42.5 Å². The number of fused-ring (bicyclic) bond motifs is 1. The van der Waals surface area contributed by atoms with E-state index in [0.717, 1.165) is 16.3 Å². The van der Waals surface area contributed by atoms with Crippen molar-refractivity contribution in [3.63, 3.8) is 0 Å². The number of carbonyl (C=O) groups excluding carboxylic acids is 2. The maximum atomic E-state index is 12.7. The second-order valence-electron chi connectivity index (χ2n) is 6.28. The molecule has 8 heteroatoms. The molecule has 0 spiro atoms. The molecule has 1 aromatic carbocycles. The molecule has 0 unspecified atom stereocenters. The Hall–Kier alpha value is -2.03. The van der Waals surface area contributed by atoms with Crippen LogP contribution in [0.25, 0.3) is 0 Å². The lowest BCUT2D eigenvalue weighted by atomic mass is 10.1. The number of benzene rings is 1. The van der Waals surface area contributed by atoms with Crippen molar-refractivity contribution in [2.24, 2.45) is 0 Å². The summed E-state index contributed by atoms with van der Waals surface area (Å²) >= 11 is 1.69. The summed E-state index contributed by atoms with van der Waals surface area (Å²) in [7, 11) is -2.39. The Labute approximate surface area is 157 Å². The minimum absolute atomic E-state index is 0.0663. The molecule has 1 aromatic heterocycles. The molecule has 0 aliphatic carbocycles. The van der Waals surface area contributed by atoms with Crippen LogP contribution in [0, 0.1) is 0 Å². The molecule has 0 radical (unpaired) electrons. The van der Waals surface area contributed by atoms with Gasteiger partial charge in [-0.1, -0.05) is 12.1 Å². The third-order valence-electron chi connectivity index (χ3n) is 4.49. The number of likely N-dealkylation sites (N-methyl/N-ethyl adjacent to an activating group) is 1. The van der Waals surface area contributed by atoms with E-state index >= 15 is 0 Å². The first-order valence-electron chi connectivity index (χ1n) is 8.19. The molecule has 138 valence electrons. The van der Waals surface area contributed by atoms with Crippen molar-refractivity contribution in [1.82, 2.24) is 9.21 Å². The number of rotatable bonds is 5. The van der Waals surface area contributed by atoms with E-state index in [0.29, 0.717) is 18.7 Å². The lowest BCUT2D eigenvalue weighted by Crippen LogP contribution is -2.43. The number of hydrogen-bond acceptors (Lipinski definition) is 5. The van der Waals surface area contributed by atoms with E-state index in [1.165, 1.54) is 43.1 Å². The quantitative estimate of drug-likeness (QED) is 0.731. The summed E-state index contributed by atoms with van der Waals surface area (Å²) in [6.07, 6.45) is 0.807. The smallest absolute Gasteiger partial charge is 0.243 e. The predicted octanol–water partition coefficient (Wildman–Crippen LogP) is 2.16. The van der Waals surface area contributed by atoms with Crippen molar-refractivity contribution in [3.8, 4) is 0 Å². The number of Topliss-reactive ketones (excluding diaryl/α,β-unsaturated/α-hetero) is 1. The largest absolute Gasteiger partial charge is 0.337 e. The van der Waals surface area contributed by atoms with Crippen LogP contribution >= 0.6 is 11.3 Å². The van der Waals surface area contributed by atoms with Gasteiger partial charge in [-0.2, -0.15) is 4.31 Å². The van der Waals surface area contributed by atoms with E-state index in [2.05, 4.69) is 0 Å². The van der Waals surface area contributed by atoms with Crippen LogP contribution in [0.2, 0.25) is 0 Å². The molecular weight excluding hydrogens is 372 g/mol. The third-order valence-corrected chi connectivity index (χ3v) is 7.33. The van der Waals surface area contributed by atoms with E-state index in [9.17, 15) is 18.0 Å². The summed E-state index contributed by atoms with van der Waals surface area (Å²) in [5, 5.41) is 2.01. The Bertz CT molecular complexity index is 932. The molecule has 0 N–H and O–H groups in total. The topological polar surface area (TPSA) is 74.8 Å². The average molecular weight is 393 g/mol. The average Bonchev–Trinajstić information content (AvgIpc) is 3.09. The zero-order valence-electron chi connectivity index (χ0n) is 14.6. The first kappa shape index (κ1) is 18.8. The van der Waals surface area contributed by atoms with Crippen LogP contribution in [0.15, 0.2) is 40.6 Å². The minimum Gasteiger partial charge on any atom is -0.337 e. The Kier molecular flexibility index (Phi) is 5.27. The number of sulfonamides is 1. The van der Waals surface area contributed by atoms with Crippen molar-refractivity contribution in [3.05, 3.63) is 51.7 Å². The number of ketones is 1. The van der Waals surface area contributed by atoms with Crippen molar-refractivity contribution in [2.75, 3.05) is 20.1 Å².